The first kappa shape index (κ1) is 19.7. The van der Waals surface area contributed by atoms with Gasteiger partial charge in [-0.25, -0.2) is 13.1 Å². The van der Waals surface area contributed by atoms with Crippen molar-refractivity contribution in [3.63, 3.8) is 0 Å². The number of rotatable bonds is 7. The molecule has 0 aromatic heterocycles. The normalized spacial score (nSPS) is 15.0. The van der Waals surface area contributed by atoms with Crippen molar-refractivity contribution in [1.82, 2.24) is 9.62 Å². The minimum Gasteiger partial charge on any atom is -0.456 e. The molecule has 1 heterocycles. The van der Waals surface area contributed by atoms with Gasteiger partial charge in [-0.2, -0.15) is 0 Å². The molecule has 1 aromatic carbocycles. The second-order valence-corrected chi connectivity index (χ2v) is 7.91. The number of esters is 1. The summed E-state index contributed by atoms with van der Waals surface area (Å²) in [6.07, 6.45) is 2.88. The maximum atomic E-state index is 12.0. The molecule has 1 N–H and O–H groups in total. The monoisotopic (exact) mass is 388 g/mol. The van der Waals surface area contributed by atoms with E-state index in [1.807, 2.05) is 0 Å². The number of benzene rings is 1. The molecule has 9 heteroatoms. The molecular formula is C16H21ClN2O5S. The lowest BCUT2D eigenvalue weighted by molar-refractivity contribution is -0.152. The Morgan fingerprint density at radius 3 is 2.40 bits per heavy atom. The van der Waals surface area contributed by atoms with Crippen LogP contribution in [0.4, 0.5) is 0 Å². The second-order valence-electron chi connectivity index (χ2n) is 5.70. The Balaban J connectivity index is 1.71. The van der Waals surface area contributed by atoms with Crippen LogP contribution in [0.2, 0.25) is 5.02 Å². The quantitative estimate of drug-likeness (QED) is 0.715. The van der Waals surface area contributed by atoms with Crippen molar-refractivity contribution in [3.05, 3.63) is 29.3 Å². The molecule has 0 radical (unpaired) electrons. The van der Waals surface area contributed by atoms with Crippen LogP contribution >= 0.6 is 11.6 Å². The van der Waals surface area contributed by atoms with E-state index < -0.39 is 16.0 Å². The van der Waals surface area contributed by atoms with Crippen LogP contribution in [0.3, 0.4) is 0 Å². The molecule has 0 aliphatic carbocycles. The van der Waals surface area contributed by atoms with Crippen molar-refractivity contribution in [1.29, 1.82) is 0 Å². The van der Waals surface area contributed by atoms with Gasteiger partial charge in [-0.1, -0.05) is 11.6 Å². The van der Waals surface area contributed by atoms with E-state index in [0.717, 1.165) is 19.3 Å². The Morgan fingerprint density at radius 1 is 1.12 bits per heavy atom. The zero-order valence-corrected chi connectivity index (χ0v) is 15.3. The standard InChI is InChI=1S/C16H21ClN2O5S/c17-13-4-6-14(7-5-13)25(22,23)18-9-8-16(21)24-12-15(20)19-10-2-1-3-11-19/h4-7,18H,1-3,8-12H2. The number of likely N-dealkylation sites (tertiary alicyclic amines) is 1. The van der Waals surface area contributed by atoms with Crippen LogP contribution in [0, 0.1) is 0 Å². The predicted octanol–water partition coefficient (Wildman–Crippen LogP) is 1.56. The lowest BCUT2D eigenvalue weighted by Crippen LogP contribution is -2.38. The minimum atomic E-state index is -3.71. The highest BCUT2D eigenvalue weighted by atomic mass is 35.5. The van der Waals surface area contributed by atoms with Crippen molar-refractivity contribution < 1.29 is 22.7 Å². The predicted molar refractivity (Wildman–Crippen MR) is 92.6 cm³/mol. The van der Waals surface area contributed by atoms with Gasteiger partial charge in [0.1, 0.15) is 0 Å². The Kier molecular flexibility index (Phi) is 7.22. The molecule has 1 aromatic rings. The first-order valence-electron chi connectivity index (χ1n) is 8.07. The number of sulfonamides is 1. The molecule has 1 saturated heterocycles. The summed E-state index contributed by atoms with van der Waals surface area (Å²) in [6.45, 7) is 0.971. The summed E-state index contributed by atoms with van der Waals surface area (Å²) in [5, 5.41) is 0.431. The Hall–Kier alpha value is -1.64. The van der Waals surface area contributed by atoms with Crippen LogP contribution < -0.4 is 4.72 Å². The highest BCUT2D eigenvalue weighted by Gasteiger charge is 2.18. The van der Waals surface area contributed by atoms with Crippen molar-refractivity contribution >= 4 is 33.5 Å². The van der Waals surface area contributed by atoms with Crippen molar-refractivity contribution in [2.24, 2.45) is 0 Å². The van der Waals surface area contributed by atoms with Gasteiger partial charge < -0.3 is 9.64 Å². The Morgan fingerprint density at radius 2 is 1.76 bits per heavy atom. The van der Waals surface area contributed by atoms with Gasteiger partial charge in [-0.3, -0.25) is 9.59 Å². The van der Waals surface area contributed by atoms with E-state index >= 15 is 0 Å². The number of nitrogens with one attached hydrogen (secondary N) is 1. The molecule has 1 aliphatic rings. The molecule has 1 amide bonds. The lowest BCUT2D eigenvalue weighted by atomic mass is 10.1. The molecule has 0 unspecified atom stereocenters. The van der Waals surface area contributed by atoms with E-state index in [2.05, 4.69) is 4.72 Å². The third-order valence-corrected chi connectivity index (χ3v) is 5.54. The van der Waals surface area contributed by atoms with Gasteiger partial charge in [-0.05, 0) is 43.5 Å². The largest absolute Gasteiger partial charge is 0.456 e. The molecule has 0 atom stereocenters. The summed E-state index contributed by atoms with van der Waals surface area (Å²) in [5.74, 6) is -0.834. The number of ether oxygens (including phenoxy) is 1. The van der Waals surface area contributed by atoms with Gasteiger partial charge in [0.2, 0.25) is 10.0 Å². The molecule has 2 rings (SSSR count). The smallest absolute Gasteiger partial charge is 0.307 e. The number of carbonyl (C=O) groups excluding carboxylic acids is 2. The van der Waals surface area contributed by atoms with Crippen LogP contribution in [0.15, 0.2) is 29.2 Å². The van der Waals surface area contributed by atoms with E-state index in [-0.39, 0.29) is 30.4 Å². The van der Waals surface area contributed by atoms with Gasteiger partial charge >= 0.3 is 5.97 Å². The number of hydrogen-bond acceptors (Lipinski definition) is 5. The average molecular weight is 389 g/mol. The van der Waals surface area contributed by atoms with E-state index in [4.69, 9.17) is 16.3 Å². The van der Waals surface area contributed by atoms with Crippen molar-refractivity contribution in [2.45, 2.75) is 30.6 Å². The third-order valence-electron chi connectivity index (χ3n) is 3.81. The molecule has 1 fully saturated rings. The summed E-state index contributed by atoms with van der Waals surface area (Å²) in [7, 11) is -3.71. The highest BCUT2D eigenvalue weighted by molar-refractivity contribution is 7.89. The zero-order chi connectivity index (χ0) is 18.3. The van der Waals surface area contributed by atoms with E-state index in [0.29, 0.717) is 18.1 Å². The zero-order valence-electron chi connectivity index (χ0n) is 13.7. The summed E-state index contributed by atoms with van der Waals surface area (Å²) in [5.41, 5.74) is 0. The summed E-state index contributed by atoms with van der Waals surface area (Å²) >= 11 is 5.72. The SMILES string of the molecule is O=C(CCNS(=O)(=O)c1ccc(Cl)cc1)OCC(=O)N1CCCCC1. The molecule has 1 aliphatic heterocycles. The summed E-state index contributed by atoms with van der Waals surface area (Å²) in [4.78, 5) is 25.3. The molecular weight excluding hydrogens is 368 g/mol. The number of halogens is 1. The van der Waals surface area contributed by atoms with E-state index in [9.17, 15) is 18.0 Å². The topological polar surface area (TPSA) is 92.8 Å². The molecule has 0 saturated carbocycles. The average Bonchev–Trinajstić information content (AvgIpc) is 2.60. The Bertz CT molecular complexity index is 700. The fraction of sp³-hybridized carbons (Fsp3) is 0.500. The lowest BCUT2D eigenvalue weighted by Gasteiger charge is -2.26. The van der Waals surface area contributed by atoms with Crippen LogP contribution in [0.1, 0.15) is 25.7 Å². The summed E-state index contributed by atoms with van der Waals surface area (Å²) < 4.78 is 31.3. The van der Waals surface area contributed by atoms with Gasteiger partial charge in [0.25, 0.3) is 5.91 Å². The number of carbonyl (C=O) groups is 2. The molecule has 0 spiro atoms. The molecule has 7 nitrogen and oxygen atoms in total. The van der Waals surface area contributed by atoms with E-state index in [1.165, 1.54) is 24.3 Å². The first-order chi connectivity index (χ1) is 11.9. The van der Waals surface area contributed by atoms with Crippen LogP contribution in [-0.4, -0.2) is 51.4 Å². The van der Waals surface area contributed by atoms with Crippen molar-refractivity contribution in [3.8, 4) is 0 Å². The maximum Gasteiger partial charge on any atom is 0.307 e. The fourth-order valence-electron chi connectivity index (χ4n) is 2.43. The number of amides is 1. The van der Waals surface area contributed by atoms with Gasteiger partial charge in [0.05, 0.1) is 11.3 Å². The highest BCUT2D eigenvalue weighted by Crippen LogP contribution is 2.13. The third kappa shape index (κ3) is 6.30. The van der Waals surface area contributed by atoms with Crippen LogP contribution in [-0.2, 0) is 24.3 Å². The fourth-order valence-corrected chi connectivity index (χ4v) is 3.59. The first-order valence-corrected chi connectivity index (χ1v) is 9.93. The number of piperidine rings is 1. The van der Waals surface area contributed by atoms with Gasteiger partial charge in [-0.15, -0.1) is 0 Å². The summed E-state index contributed by atoms with van der Waals surface area (Å²) in [6, 6.07) is 5.69. The molecule has 138 valence electrons. The molecule has 0 bridgehead atoms. The van der Waals surface area contributed by atoms with Crippen LogP contribution in [0.5, 0.6) is 0 Å². The van der Waals surface area contributed by atoms with Gasteiger partial charge in [0, 0.05) is 24.7 Å². The number of nitrogens with zero attached hydrogens (tertiary/aromatic N) is 1. The molecule has 25 heavy (non-hydrogen) atoms. The van der Waals surface area contributed by atoms with E-state index in [1.54, 1.807) is 4.90 Å². The van der Waals surface area contributed by atoms with Crippen LogP contribution in [0.25, 0.3) is 0 Å². The van der Waals surface area contributed by atoms with Crippen molar-refractivity contribution in [2.75, 3.05) is 26.2 Å². The number of hydrogen-bond donors (Lipinski definition) is 1. The second kappa shape index (κ2) is 9.17. The van der Waals surface area contributed by atoms with Gasteiger partial charge in [0.15, 0.2) is 6.61 Å². The minimum absolute atomic E-state index is 0.0607. The Labute approximate surface area is 152 Å². The maximum absolute atomic E-state index is 12.0.